The first-order chi connectivity index (χ1) is 16.5. The molecule has 0 spiro atoms. The molecule has 5 aromatic rings. The molecule has 0 amide bonds. The van der Waals surface area contributed by atoms with Gasteiger partial charge in [0.25, 0.3) is 0 Å². The number of allylic oxidation sites excluding steroid dienone is 2. The maximum absolute atomic E-state index is 10.0. The van der Waals surface area contributed by atoms with Crippen molar-refractivity contribution in [2.75, 3.05) is 0 Å². The molecule has 185 valence electrons. The first kappa shape index (κ1) is 25.9. The molecule has 1 radical (unpaired) electrons. The van der Waals surface area contributed by atoms with Crippen molar-refractivity contribution in [3.05, 3.63) is 84.0 Å². The number of aromatic nitrogens is 2. The summed E-state index contributed by atoms with van der Waals surface area (Å²) < 4.78 is 0. The fourth-order valence-corrected chi connectivity index (χ4v) is 5.35. The molecule has 4 aromatic carbocycles. The summed E-state index contributed by atoms with van der Waals surface area (Å²) in [6.07, 6.45) is 2.90. The van der Waals surface area contributed by atoms with E-state index >= 15 is 0 Å². The Morgan fingerprint density at radius 2 is 1.64 bits per heavy atom. The molecule has 1 N–H and O–H groups in total. The minimum Gasteiger partial charge on any atom is -0.512 e. The van der Waals surface area contributed by atoms with E-state index in [1.165, 1.54) is 52.4 Å². The molecule has 0 atom stereocenters. The third-order valence-electron chi connectivity index (χ3n) is 7.72. The van der Waals surface area contributed by atoms with Gasteiger partial charge in [-0.1, -0.05) is 80.3 Å². The predicted molar refractivity (Wildman–Crippen MR) is 144 cm³/mol. The van der Waals surface area contributed by atoms with Crippen LogP contribution in [-0.2, 0) is 35.7 Å². The second-order valence-corrected chi connectivity index (χ2v) is 10.5. The average molecular weight is 654 g/mol. The van der Waals surface area contributed by atoms with E-state index in [0.717, 1.165) is 22.0 Å². The smallest absolute Gasteiger partial charge is 0.155 e. The summed E-state index contributed by atoms with van der Waals surface area (Å²) in [5.74, 6) is -0.0625. The number of nitrogens with zero attached hydrogens (tertiary/aromatic N) is 2. The van der Waals surface area contributed by atoms with Gasteiger partial charge in [-0.25, -0.2) is 4.98 Å². The Kier molecular flexibility index (Phi) is 6.53. The zero-order valence-corrected chi connectivity index (χ0v) is 23.8. The quantitative estimate of drug-likeness (QED) is 0.0670. The molecule has 1 heterocycles. The Balaban J connectivity index is 0.000000338. The molecule has 0 bridgehead atoms. The van der Waals surface area contributed by atoms with Gasteiger partial charge in [0.15, 0.2) is 5.78 Å². The minimum absolute atomic E-state index is 0. The largest absolute Gasteiger partial charge is 0.512 e. The van der Waals surface area contributed by atoms with Crippen LogP contribution in [-0.4, -0.2) is 20.9 Å². The van der Waals surface area contributed by atoms with Crippen LogP contribution in [0.15, 0.2) is 66.7 Å². The van der Waals surface area contributed by atoms with Gasteiger partial charge in [-0.15, -0.1) is 23.6 Å². The van der Waals surface area contributed by atoms with E-state index in [9.17, 15) is 4.79 Å². The Hall–Kier alpha value is -3.14. The third-order valence-corrected chi connectivity index (χ3v) is 7.72. The van der Waals surface area contributed by atoms with Crippen LogP contribution in [0.2, 0.25) is 0 Å². The van der Waals surface area contributed by atoms with E-state index in [4.69, 9.17) is 15.1 Å². The number of carbonyl (C=O) groups is 1. The van der Waals surface area contributed by atoms with Gasteiger partial charge in [0.05, 0.1) is 11.5 Å². The number of ketones is 1. The van der Waals surface area contributed by atoms with Gasteiger partial charge in [0, 0.05) is 42.5 Å². The van der Waals surface area contributed by atoms with E-state index in [1.54, 1.807) is 6.33 Å². The molecule has 5 heteroatoms. The Bertz CT molecular complexity index is 1580. The van der Waals surface area contributed by atoms with Gasteiger partial charge in [0.2, 0.25) is 0 Å². The molecule has 0 saturated heterocycles. The van der Waals surface area contributed by atoms with Crippen LogP contribution < -0.4 is 0 Å². The number of aliphatic hydroxyl groups excluding tert-OH is 1. The minimum atomic E-state index is -0.125. The SMILES string of the molecule is CC(=O)/C=C(/C)O.CC1(C)c2cccc3c4cc5ccccc5[c-]c4c4ncnc(c4c23)C1(C)C.[Ir]. The van der Waals surface area contributed by atoms with Crippen LogP contribution in [0.5, 0.6) is 0 Å². The molecule has 1 aliphatic carbocycles. The van der Waals surface area contributed by atoms with Crippen molar-refractivity contribution in [2.24, 2.45) is 0 Å². The summed E-state index contributed by atoms with van der Waals surface area (Å²) in [6.45, 7) is 12.2. The molecular formula is C31H29IrN2O2-. The maximum atomic E-state index is 10.0. The van der Waals surface area contributed by atoms with E-state index in [2.05, 4.69) is 82.3 Å². The van der Waals surface area contributed by atoms with Crippen molar-refractivity contribution in [2.45, 2.75) is 52.4 Å². The number of aliphatic hydroxyl groups is 1. The van der Waals surface area contributed by atoms with Gasteiger partial charge in [0.1, 0.15) is 6.33 Å². The van der Waals surface area contributed by atoms with Gasteiger partial charge in [-0.3, -0.25) is 9.78 Å². The molecule has 36 heavy (non-hydrogen) atoms. The van der Waals surface area contributed by atoms with E-state index < -0.39 is 0 Å². The van der Waals surface area contributed by atoms with Crippen LogP contribution in [0.1, 0.15) is 52.8 Å². The standard InChI is InChI=1S/C26H21N2.C5H8O2.Ir/c1-25(2)20-11-7-10-17-18-12-15-8-5-6-9-16(15)13-19(18)23-22(21(17)20)24(26(25,3)4)28-14-27-23;1-4(6)3-5(2)7;/h5-12,14H,1-4H3;3,6H,1-2H3;/q-1;;/b;4-3-;. The predicted octanol–water partition coefficient (Wildman–Crippen LogP) is 7.49. The van der Waals surface area contributed by atoms with Crippen LogP contribution in [0.3, 0.4) is 0 Å². The zero-order chi connectivity index (χ0) is 25.1. The number of hydrogen-bond donors (Lipinski definition) is 1. The normalized spacial score (nSPS) is 15.6. The van der Waals surface area contributed by atoms with Crippen molar-refractivity contribution in [3.63, 3.8) is 0 Å². The van der Waals surface area contributed by atoms with Crippen LogP contribution in [0.25, 0.3) is 43.2 Å². The summed E-state index contributed by atoms with van der Waals surface area (Å²) in [7, 11) is 0. The van der Waals surface area contributed by atoms with Gasteiger partial charge in [-0.05, 0) is 35.6 Å². The zero-order valence-electron chi connectivity index (χ0n) is 21.4. The molecule has 0 aliphatic heterocycles. The fraction of sp³-hybridized carbons (Fsp3) is 0.258. The summed E-state index contributed by atoms with van der Waals surface area (Å²) >= 11 is 0. The molecule has 4 nitrogen and oxygen atoms in total. The van der Waals surface area contributed by atoms with Crippen LogP contribution in [0.4, 0.5) is 0 Å². The molecule has 1 aromatic heterocycles. The fourth-order valence-electron chi connectivity index (χ4n) is 5.35. The number of hydrogen-bond acceptors (Lipinski definition) is 4. The van der Waals surface area contributed by atoms with Crippen molar-refractivity contribution in [1.29, 1.82) is 0 Å². The molecule has 0 saturated carbocycles. The summed E-state index contributed by atoms with van der Waals surface area (Å²) in [6, 6.07) is 21.2. The topological polar surface area (TPSA) is 63.1 Å². The second-order valence-electron chi connectivity index (χ2n) is 10.5. The van der Waals surface area contributed by atoms with Gasteiger partial charge < -0.3 is 5.11 Å². The van der Waals surface area contributed by atoms with Gasteiger partial charge in [-0.2, -0.15) is 0 Å². The molecule has 1 aliphatic rings. The monoisotopic (exact) mass is 654 g/mol. The van der Waals surface area contributed by atoms with Crippen molar-refractivity contribution in [1.82, 2.24) is 9.97 Å². The van der Waals surface area contributed by atoms with Crippen molar-refractivity contribution in [3.8, 4) is 0 Å². The maximum Gasteiger partial charge on any atom is 0.155 e. The van der Waals surface area contributed by atoms with Crippen molar-refractivity contribution >= 4 is 49.0 Å². The van der Waals surface area contributed by atoms with E-state index in [0.29, 0.717) is 0 Å². The summed E-state index contributed by atoms with van der Waals surface area (Å²) in [5.41, 5.74) is 3.43. The number of fused-ring (bicyclic) bond motifs is 4. The van der Waals surface area contributed by atoms with E-state index in [1.807, 2.05) is 0 Å². The van der Waals surface area contributed by atoms with E-state index in [-0.39, 0.29) is 42.5 Å². The number of benzene rings is 4. The number of carbonyl (C=O) groups excluding carboxylic acids is 1. The Morgan fingerprint density at radius 1 is 0.917 bits per heavy atom. The van der Waals surface area contributed by atoms with Crippen LogP contribution in [0, 0.1) is 6.07 Å². The van der Waals surface area contributed by atoms with Crippen molar-refractivity contribution < 1.29 is 30.0 Å². The Labute approximate surface area is 224 Å². The molecule has 6 rings (SSSR count). The Morgan fingerprint density at radius 3 is 2.31 bits per heavy atom. The third kappa shape index (κ3) is 3.82. The average Bonchev–Trinajstić information content (AvgIpc) is 2.81. The molecule has 0 fully saturated rings. The van der Waals surface area contributed by atoms with Gasteiger partial charge >= 0.3 is 0 Å². The first-order valence-electron chi connectivity index (χ1n) is 11.9. The second kappa shape index (κ2) is 9.06. The molecular weight excluding hydrogens is 625 g/mol. The van der Waals surface area contributed by atoms with Crippen LogP contribution >= 0.6 is 0 Å². The molecule has 0 unspecified atom stereocenters. The summed E-state index contributed by atoms with van der Waals surface area (Å²) in [4.78, 5) is 19.6. The number of rotatable bonds is 1. The first-order valence-corrected chi connectivity index (χ1v) is 11.9. The summed E-state index contributed by atoms with van der Waals surface area (Å²) in [5, 5.41) is 16.8.